The summed E-state index contributed by atoms with van der Waals surface area (Å²) < 4.78 is 5.30. The quantitative estimate of drug-likeness (QED) is 0.384. The number of nitrogens with zero attached hydrogens (tertiary/aromatic N) is 3. The summed E-state index contributed by atoms with van der Waals surface area (Å²) in [4.78, 5) is 17.5. The number of rotatable bonds is 5. The molecule has 0 bridgehead atoms. The molecular formula is C15H24N4O3. The molecule has 7 nitrogen and oxygen atoms in total. The van der Waals surface area contributed by atoms with Gasteiger partial charge in [0, 0.05) is 18.2 Å². The zero-order valence-corrected chi connectivity index (χ0v) is 13.7. The van der Waals surface area contributed by atoms with E-state index in [9.17, 15) is 10.1 Å². The molecule has 0 atom stereocenters. The van der Waals surface area contributed by atoms with Crippen LogP contribution in [0, 0.1) is 10.1 Å². The Morgan fingerprint density at radius 1 is 1.32 bits per heavy atom. The van der Waals surface area contributed by atoms with Gasteiger partial charge < -0.3 is 10.5 Å². The molecule has 0 unspecified atom stereocenters. The topological polar surface area (TPSA) is 104 Å². The summed E-state index contributed by atoms with van der Waals surface area (Å²) in [7, 11) is 0. The third-order valence-electron chi connectivity index (χ3n) is 1.84. The Morgan fingerprint density at radius 3 is 2.36 bits per heavy atom. The van der Waals surface area contributed by atoms with Crippen LogP contribution in [0.15, 0.2) is 48.7 Å². The van der Waals surface area contributed by atoms with Crippen molar-refractivity contribution in [3.05, 3.63) is 58.8 Å². The molecular weight excluding hydrogens is 284 g/mol. The molecule has 122 valence electrons. The molecule has 0 saturated carbocycles. The lowest BCUT2D eigenvalue weighted by atomic mass is 10.3. The van der Waals surface area contributed by atoms with Gasteiger partial charge in [0.1, 0.15) is 17.9 Å². The first kappa shape index (κ1) is 21.6. The smallest absolute Gasteiger partial charge is 0.268 e. The number of ether oxygens (including phenoxy) is 1. The Labute approximate surface area is 131 Å². The molecule has 0 aliphatic carbocycles. The number of anilines is 1. The maximum atomic E-state index is 10.5. The van der Waals surface area contributed by atoms with E-state index >= 15 is 0 Å². The standard InChI is InChI=1S/C11H12N4O3.2C2H6/c1-3-9(15(16)17)5-4-8(2)18-11-6-10(12)13-7-14-11;2*1-2/h3-7H,1H2,2H3,(H2,12,13,14);2*1-2H3/b8-4+,9-5+;;. The van der Waals surface area contributed by atoms with Crippen LogP contribution in [0.2, 0.25) is 0 Å². The van der Waals surface area contributed by atoms with Gasteiger partial charge in [0.2, 0.25) is 5.88 Å². The molecule has 0 radical (unpaired) electrons. The van der Waals surface area contributed by atoms with Crippen molar-refractivity contribution in [2.24, 2.45) is 0 Å². The van der Waals surface area contributed by atoms with Gasteiger partial charge in [0.25, 0.3) is 5.70 Å². The van der Waals surface area contributed by atoms with Gasteiger partial charge in [-0.2, -0.15) is 0 Å². The molecule has 1 heterocycles. The second-order valence-electron chi connectivity index (χ2n) is 3.21. The molecule has 0 aliphatic heterocycles. The Hall–Kier alpha value is -2.70. The zero-order chi connectivity index (χ0) is 17.5. The summed E-state index contributed by atoms with van der Waals surface area (Å²) in [6.07, 6.45) is 5.14. The number of aromatic nitrogens is 2. The normalized spacial score (nSPS) is 10.4. The highest BCUT2D eigenvalue weighted by molar-refractivity contribution is 5.31. The van der Waals surface area contributed by atoms with Gasteiger partial charge in [-0.1, -0.05) is 34.3 Å². The first-order chi connectivity index (χ1) is 10.5. The number of hydrogen-bond donors (Lipinski definition) is 1. The number of nitro groups is 1. The van der Waals surface area contributed by atoms with Crippen LogP contribution in [0.5, 0.6) is 5.88 Å². The summed E-state index contributed by atoms with van der Waals surface area (Å²) in [5.41, 5.74) is 5.33. The molecule has 0 spiro atoms. The van der Waals surface area contributed by atoms with Gasteiger partial charge in [-0.15, -0.1) is 0 Å². The van der Waals surface area contributed by atoms with E-state index in [2.05, 4.69) is 16.5 Å². The van der Waals surface area contributed by atoms with E-state index in [1.165, 1.54) is 24.5 Å². The van der Waals surface area contributed by atoms with Gasteiger partial charge >= 0.3 is 0 Å². The van der Waals surface area contributed by atoms with Crippen LogP contribution in [0.4, 0.5) is 5.82 Å². The van der Waals surface area contributed by atoms with Crippen LogP contribution in [0.25, 0.3) is 0 Å². The molecule has 7 heteroatoms. The Morgan fingerprint density at radius 2 is 1.91 bits per heavy atom. The average Bonchev–Trinajstić information content (AvgIpc) is 2.51. The summed E-state index contributed by atoms with van der Waals surface area (Å²) in [6.45, 7) is 13.0. The molecule has 0 aromatic carbocycles. The van der Waals surface area contributed by atoms with Crippen molar-refractivity contribution in [3.8, 4) is 5.88 Å². The molecule has 0 fully saturated rings. The largest absolute Gasteiger partial charge is 0.444 e. The van der Waals surface area contributed by atoms with Crippen molar-refractivity contribution >= 4 is 5.82 Å². The lowest BCUT2D eigenvalue weighted by molar-refractivity contribution is -0.418. The predicted molar refractivity (Wildman–Crippen MR) is 88.8 cm³/mol. The van der Waals surface area contributed by atoms with Crippen molar-refractivity contribution in [1.29, 1.82) is 0 Å². The van der Waals surface area contributed by atoms with E-state index in [4.69, 9.17) is 10.5 Å². The minimum atomic E-state index is -0.542. The Balaban J connectivity index is 0. The number of nitrogen functional groups attached to an aromatic ring is 1. The molecule has 1 rings (SSSR count). The van der Waals surface area contributed by atoms with Crippen LogP contribution in [-0.2, 0) is 0 Å². The third kappa shape index (κ3) is 9.24. The number of hydrogen-bond acceptors (Lipinski definition) is 6. The van der Waals surface area contributed by atoms with Crippen LogP contribution >= 0.6 is 0 Å². The highest BCUT2D eigenvalue weighted by atomic mass is 16.6. The molecule has 1 aromatic rings. The van der Waals surface area contributed by atoms with Crippen molar-refractivity contribution < 1.29 is 9.66 Å². The van der Waals surface area contributed by atoms with Crippen LogP contribution < -0.4 is 10.5 Å². The SMILES string of the molecule is C=C/C(=C\C=C(/C)Oc1cc(N)ncn1)[N+](=O)[O-].CC.CC. The van der Waals surface area contributed by atoms with Crippen LogP contribution in [0.1, 0.15) is 34.6 Å². The van der Waals surface area contributed by atoms with Crippen LogP contribution in [-0.4, -0.2) is 14.9 Å². The predicted octanol–water partition coefficient (Wildman–Crippen LogP) is 3.74. The minimum Gasteiger partial charge on any atom is -0.444 e. The fraction of sp³-hybridized carbons (Fsp3) is 0.333. The first-order valence-corrected chi connectivity index (χ1v) is 6.93. The summed E-state index contributed by atoms with van der Waals surface area (Å²) in [6, 6.07) is 1.45. The lowest BCUT2D eigenvalue weighted by Gasteiger charge is -2.03. The monoisotopic (exact) mass is 308 g/mol. The summed E-state index contributed by atoms with van der Waals surface area (Å²) >= 11 is 0. The van der Waals surface area contributed by atoms with Gasteiger partial charge in [0.15, 0.2) is 0 Å². The van der Waals surface area contributed by atoms with E-state index in [0.717, 1.165) is 6.08 Å². The fourth-order valence-electron chi connectivity index (χ4n) is 1.01. The maximum Gasteiger partial charge on any atom is 0.268 e. The number of nitrogens with two attached hydrogens (primary N) is 1. The van der Waals surface area contributed by atoms with E-state index < -0.39 is 4.92 Å². The lowest BCUT2D eigenvalue weighted by Crippen LogP contribution is -1.97. The Kier molecular flexibility index (Phi) is 13.0. The van der Waals surface area contributed by atoms with Crippen LogP contribution in [0.3, 0.4) is 0 Å². The third-order valence-corrected chi connectivity index (χ3v) is 1.84. The van der Waals surface area contributed by atoms with E-state index in [1.54, 1.807) is 6.92 Å². The van der Waals surface area contributed by atoms with Crippen molar-refractivity contribution in [1.82, 2.24) is 9.97 Å². The van der Waals surface area contributed by atoms with Gasteiger partial charge in [0.05, 0.1) is 4.92 Å². The second kappa shape index (κ2) is 13.3. The van der Waals surface area contributed by atoms with Gasteiger partial charge in [-0.05, 0) is 13.0 Å². The zero-order valence-electron chi connectivity index (χ0n) is 13.7. The van der Waals surface area contributed by atoms with Gasteiger partial charge in [-0.3, -0.25) is 10.1 Å². The van der Waals surface area contributed by atoms with E-state index in [0.29, 0.717) is 5.76 Å². The van der Waals surface area contributed by atoms with E-state index in [1.807, 2.05) is 27.7 Å². The molecule has 2 N–H and O–H groups in total. The molecule has 22 heavy (non-hydrogen) atoms. The van der Waals surface area contributed by atoms with Crippen molar-refractivity contribution in [2.45, 2.75) is 34.6 Å². The van der Waals surface area contributed by atoms with Gasteiger partial charge in [-0.25, -0.2) is 9.97 Å². The Bertz CT molecular complexity index is 525. The first-order valence-electron chi connectivity index (χ1n) is 6.93. The highest BCUT2D eigenvalue weighted by Gasteiger charge is 2.03. The average molecular weight is 308 g/mol. The summed E-state index contributed by atoms with van der Waals surface area (Å²) in [5, 5.41) is 10.5. The molecule has 0 amide bonds. The summed E-state index contributed by atoms with van der Waals surface area (Å²) in [5.74, 6) is 0.973. The molecule has 0 aliphatic rings. The molecule has 0 saturated heterocycles. The van der Waals surface area contributed by atoms with Crippen molar-refractivity contribution in [2.75, 3.05) is 5.73 Å². The minimum absolute atomic E-state index is 0.125. The van der Waals surface area contributed by atoms with Crippen molar-refractivity contribution in [3.63, 3.8) is 0 Å². The fourth-order valence-corrected chi connectivity index (χ4v) is 1.01. The highest BCUT2D eigenvalue weighted by Crippen LogP contribution is 2.11. The number of allylic oxidation sites excluding steroid dienone is 4. The molecule has 1 aromatic heterocycles. The maximum absolute atomic E-state index is 10.5. The van der Waals surface area contributed by atoms with E-state index in [-0.39, 0.29) is 17.4 Å². The second-order valence-corrected chi connectivity index (χ2v) is 3.21.